The van der Waals surface area contributed by atoms with Gasteiger partial charge in [0.15, 0.2) is 0 Å². The van der Waals surface area contributed by atoms with Gasteiger partial charge in [-0.05, 0) is 53.2 Å². The molecule has 1 amide bonds. The number of amides is 1. The van der Waals surface area contributed by atoms with Crippen LogP contribution in [0.2, 0.25) is 5.02 Å². The summed E-state index contributed by atoms with van der Waals surface area (Å²) in [4.78, 5) is 22.6. The van der Waals surface area contributed by atoms with Crippen molar-refractivity contribution in [2.24, 2.45) is 0 Å². The number of anilines is 1. The molecule has 0 atom stereocenters. The molecule has 1 heterocycles. The number of halogens is 1. The molecule has 0 spiro atoms. The lowest BCUT2D eigenvalue weighted by atomic mass is 10.1. The lowest BCUT2D eigenvalue weighted by molar-refractivity contribution is -0.384. The molecule has 9 nitrogen and oxygen atoms in total. The van der Waals surface area contributed by atoms with Gasteiger partial charge in [-0.15, -0.1) is 5.10 Å². The molecule has 3 rings (SSSR count). The van der Waals surface area contributed by atoms with Gasteiger partial charge in [0, 0.05) is 17.3 Å². The Bertz CT molecular complexity index is 958. The van der Waals surface area contributed by atoms with Gasteiger partial charge in [-0.25, -0.2) is 4.68 Å². The monoisotopic (exact) mass is 358 g/mol. The van der Waals surface area contributed by atoms with Gasteiger partial charge in [0.05, 0.1) is 10.6 Å². The fourth-order valence-electron chi connectivity index (χ4n) is 2.26. The maximum absolute atomic E-state index is 12.3. The number of carbonyl (C=O) groups is 1. The molecular formula is C15H11ClN6O3. The van der Waals surface area contributed by atoms with Crippen molar-refractivity contribution in [3.8, 4) is 5.69 Å². The lowest BCUT2D eigenvalue weighted by Gasteiger charge is -2.09. The van der Waals surface area contributed by atoms with Crippen molar-refractivity contribution in [2.75, 3.05) is 5.32 Å². The van der Waals surface area contributed by atoms with Crippen molar-refractivity contribution in [3.63, 3.8) is 0 Å². The molecule has 3 aromatic rings. The second-order valence-electron chi connectivity index (χ2n) is 5.13. The number of nitro groups is 1. The Kier molecular flexibility index (Phi) is 4.40. The molecule has 10 heteroatoms. The first kappa shape index (κ1) is 16.5. The van der Waals surface area contributed by atoms with Crippen LogP contribution in [0.4, 0.5) is 11.4 Å². The average molecular weight is 359 g/mol. The molecule has 2 aromatic carbocycles. The summed E-state index contributed by atoms with van der Waals surface area (Å²) in [5.41, 5.74) is 1.96. The van der Waals surface area contributed by atoms with Crippen molar-refractivity contribution >= 4 is 28.9 Å². The number of tetrazole rings is 1. The summed E-state index contributed by atoms with van der Waals surface area (Å²) in [6.45, 7) is 1.85. The van der Waals surface area contributed by atoms with Crippen LogP contribution in [0, 0.1) is 17.0 Å². The van der Waals surface area contributed by atoms with E-state index < -0.39 is 10.8 Å². The van der Waals surface area contributed by atoms with Crippen molar-refractivity contribution in [1.29, 1.82) is 0 Å². The number of aromatic nitrogens is 4. The Labute approximate surface area is 146 Å². The number of hydrogen-bond donors (Lipinski definition) is 1. The normalized spacial score (nSPS) is 10.5. The van der Waals surface area contributed by atoms with Crippen molar-refractivity contribution in [2.45, 2.75) is 6.92 Å². The Hall–Kier alpha value is -3.33. The predicted octanol–water partition coefficient (Wildman–Crippen LogP) is 2.78. The van der Waals surface area contributed by atoms with E-state index in [1.54, 1.807) is 18.2 Å². The molecule has 126 valence electrons. The van der Waals surface area contributed by atoms with E-state index in [9.17, 15) is 14.9 Å². The SMILES string of the molecule is Cc1cc(NC(=O)c2ccc(Cl)c([N+](=O)[O-])c2)ccc1-n1cnnn1. The fraction of sp³-hybridized carbons (Fsp3) is 0.0667. The summed E-state index contributed by atoms with van der Waals surface area (Å²) < 4.78 is 1.50. The third-order valence-corrected chi connectivity index (χ3v) is 3.78. The van der Waals surface area contributed by atoms with Crippen molar-refractivity contribution in [3.05, 3.63) is 69.0 Å². The molecule has 25 heavy (non-hydrogen) atoms. The Morgan fingerprint density at radius 2 is 2.08 bits per heavy atom. The summed E-state index contributed by atoms with van der Waals surface area (Å²) in [6, 6.07) is 9.07. The molecule has 0 aliphatic rings. The lowest BCUT2D eigenvalue weighted by Crippen LogP contribution is -2.12. The minimum Gasteiger partial charge on any atom is -0.322 e. The van der Waals surface area contributed by atoms with E-state index in [4.69, 9.17) is 11.6 Å². The first-order valence-corrected chi connectivity index (χ1v) is 7.43. The van der Waals surface area contributed by atoms with E-state index in [1.807, 2.05) is 6.92 Å². The number of nitrogens with zero attached hydrogens (tertiary/aromatic N) is 5. The highest BCUT2D eigenvalue weighted by atomic mass is 35.5. The van der Waals surface area contributed by atoms with Gasteiger partial charge in [-0.3, -0.25) is 14.9 Å². The largest absolute Gasteiger partial charge is 0.322 e. The highest BCUT2D eigenvalue weighted by Gasteiger charge is 2.16. The van der Waals surface area contributed by atoms with Crippen LogP contribution in [0.15, 0.2) is 42.7 Å². The number of carbonyl (C=O) groups excluding carboxylic acids is 1. The maximum atomic E-state index is 12.3. The van der Waals surface area contributed by atoms with Crippen LogP contribution < -0.4 is 5.32 Å². The number of rotatable bonds is 4. The van der Waals surface area contributed by atoms with E-state index in [1.165, 1.54) is 23.1 Å². The molecule has 0 unspecified atom stereocenters. The second kappa shape index (κ2) is 6.65. The first-order valence-electron chi connectivity index (χ1n) is 7.05. The van der Waals surface area contributed by atoms with E-state index in [-0.39, 0.29) is 16.3 Å². The molecule has 0 saturated carbocycles. The molecule has 0 fully saturated rings. The van der Waals surface area contributed by atoms with Crippen LogP contribution in [0.25, 0.3) is 5.69 Å². The topological polar surface area (TPSA) is 116 Å². The van der Waals surface area contributed by atoms with Gasteiger partial charge < -0.3 is 5.32 Å². The highest BCUT2D eigenvalue weighted by molar-refractivity contribution is 6.32. The minimum absolute atomic E-state index is 0.0248. The van der Waals surface area contributed by atoms with Gasteiger partial charge in [0.2, 0.25) is 0 Å². The molecule has 0 bridgehead atoms. The van der Waals surface area contributed by atoms with Crippen LogP contribution in [-0.2, 0) is 0 Å². The van der Waals surface area contributed by atoms with Crippen LogP contribution in [0.1, 0.15) is 15.9 Å². The van der Waals surface area contributed by atoms with Gasteiger partial charge in [0.25, 0.3) is 11.6 Å². The predicted molar refractivity (Wildman–Crippen MR) is 90.0 cm³/mol. The summed E-state index contributed by atoms with van der Waals surface area (Å²) in [5.74, 6) is -0.477. The van der Waals surface area contributed by atoms with E-state index >= 15 is 0 Å². The highest BCUT2D eigenvalue weighted by Crippen LogP contribution is 2.26. The number of benzene rings is 2. The van der Waals surface area contributed by atoms with Crippen LogP contribution in [0.3, 0.4) is 0 Å². The summed E-state index contributed by atoms with van der Waals surface area (Å²) in [7, 11) is 0. The molecule has 0 aliphatic heterocycles. The van der Waals surface area contributed by atoms with E-state index in [2.05, 4.69) is 20.8 Å². The fourth-order valence-corrected chi connectivity index (χ4v) is 2.45. The second-order valence-corrected chi connectivity index (χ2v) is 5.54. The van der Waals surface area contributed by atoms with E-state index in [0.29, 0.717) is 5.69 Å². The first-order chi connectivity index (χ1) is 12.0. The summed E-state index contributed by atoms with van der Waals surface area (Å²) in [6.07, 6.45) is 1.47. The third kappa shape index (κ3) is 3.45. The number of nitro benzene ring substituents is 1. The summed E-state index contributed by atoms with van der Waals surface area (Å²) in [5, 5.41) is 24.6. The van der Waals surface area contributed by atoms with Gasteiger partial charge in [0.1, 0.15) is 11.3 Å². The zero-order valence-electron chi connectivity index (χ0n) is 12.9. The molecule has 0 saturated heterocycles. The van der Waals surface area contributed by atoms with E-state index in [0.717, 1.165) is 17.3 Å². The van der Waals surface area contributed by atoms with Crippen molar-refractivity contribution in [1.82, 2.24) is 20.2 Å². The Morgan fingerprint density at radius 1 is 1.28 bits per heavy atom. The van der Waals surface area contributed by atoms with Crippen molar-refractivity contribution < 1.29 is 9.72 Å². The van der Waals surface area contributed by atoms with Gasteiger partial charge in [-0.1, -0.05) is 11.6 Å². The molecule has 0 radical (unpaired) electrons. The number of nitrogens with one attached hydrogen (secondary N) is 1. The zero-order chi connectivity index (χ0) is 18.0. The maximum Gasteiger partial charge on any atom is 0.288 e. The number of hydrogen-bond acceptors (Lipinski definition) is 6. The Morgan fingerprint density at radius 3 is 2.72 bits per heavy atom. The molecule has 0 aliphatic carbocycles. The number of aryl methyl sites for hydroxylation is 1. The zero-order valence-corrected chi connectivity index (χ0v) is 13.6. The van der Waals surface area contributed by atoms with Crippen LogP contribution in [-0.4, -0.2) is 31.0 Å². The van der Waals surface area contributed by atoms with Crippen LogP contribution in [0.5, 0.6) is 0 Å². The van der Waals surface area contributed by atoms with Gasteiger partial charge >= 0.3 is 0 Å². The van der Waals surface area contributed by atoms with Crippen LogP contribution >= 0.6 is 11.6 Å². The molecular weight excluding hydrogens is 348 g/mol. The molecule has 1 N–H and O–H groups in total. The average Bonchev–Trinajstić information content (AvgIpc) is 3.09. The summed E-state index contributed by atoms with van der Waals surface area (Å²) >= 11 is 5.75. The minimum atomic E-state index is -0.635. The quantitative estimate of drug-likeness (QED) is 0.566. The Balaban J connectivity index is 1.83. The smallest absolute Gasteiger partial charge is 0.288 e. The standard InChI is InChI=1S/C15H11ClN6O3/c1-9-6-11(3-5-13(9)21-8-17-19-20-21)18-15(23)10-2-4-12(16)14(7-10)22(24)25/h2-8H,1H3,(H,18,23). The molecule has 1 aromatic heterocycles. The van der Waals surface area contributed by atoms with Gasteiger partial charge in [-0.2, -0.15) is 0 Å². The third-order valence-electron chi connectivity index (χ3n) is 3.46.